The van der Waals surface area contributed by atoms with Gasteiger partial charge in [-0.25, -0.2) is 4.79 Å². The summed E-state index contributed by atoms with van der Waals surface area (Å²) < 4.78 is 6.52. The molecule has 6 nitrogen and oxygen atoms in total. The van der Waals surface area contributed by atoms with Gasteiger partial charge in [-0.3, -0.25) is 9.36 Å². The van der Waals surface area contributed by atoms with Gasteiger partial charge in [0.2, 0.25) is 0 Å². The van der Waals surface area contributed by atoms with Crippen LogP contribution in [0.3, 0.4) is 0 Å². The fourth-order valence-electron chi connectivity index (χ4n) is 2.18. The lowest BCUT2D eigenvalue weighted by Gasteiger charge is -2.14. The first-order valence-electron chi connectivity index (χ1n) is 6.29. The van der Waals surface area contributed by atoms with Crippen LogP contribution in [0.4, 0.5) is 0 Å². The zero-order valence-corrected chi connectivity index (χ0v) is 11.4. The Kier molecular flexibility index (Phi) is 4.02. The lowest BCUT2D eigenvalue weighted by atomic mass is 10.1. The molecule has 20 heavy (non-hydrogen) atoms. The minimum atomic E-state index is -0.864. The number of carboxylic acid groups (broad SMARTS) is 1. The molecule has 0 amide bonds. The predicted octanol–water partition coefficient (Wildman–Crippen LogP) is 1.52. The van der Waals surface area contributed by atoms with E-state index >= 15 is 0 Å². The lowest BCUT2D eigenvalue weighted by molar-refractivity contribution is -0.136. The molecule has 0 saturated carbocycles. The van der Waals surface area contributed by atoms with E-state index in [0.717, 1.165) is 16.8 Å². The van der Waals surface area contributed by atoms with Crippen molar-refractivity contribution in [3.05, 3.63) is 51.6 Å². The Morgan fingerprint density at radius 3 is 2.80 bits per heavy atom. The van der Waals surface area contributed by atoms with E-state index < -0.39 is 5.97 Å². The van der Waals surface area contributed by atoms with Crippen molar-refractivity contribution in [3.8, 4) is 0 Å². The number of nitrogens with zero attached hydrogens (tertiary/aromatic N) is 2. The van der Waals surface area contributed by atoms with Crippen LogP contribution < -0.4 is 5.69 Å². The molecule has 2 aromatic rings. The molecule has 0 aliphatic carbocycles. The highest BCUT2D eigenvalue weighted by atomic mass is 16.4. The molecule has 0 saturated heterocycles. The molecule has 6 heteroatoms. The molecule has 0 aliphatic rings. The van der Waals surface area contributed by atoms with Gasteiger partial charge in [0.1, 0.15) is 0 Å². The number of carbonyl (C=O) groups is 1. The summed E-state index contributed by atoms with van der Waals surface area (Å²) in [5.41, 5.74) is 2.70. The molecule has 0 atom stereocenters. The SMILES string of the molecule is Cc1nc(=O)n(Cc2ccoc2)c(C)c1CCC(=O)O. The summed E-state index contributed by atoms with van der Waals surface area (Å²) in [7, 11) is 0. The standard InChI is InChI=1S/C14H16N2O4/c1-9-12(3-4-13(17)18)10(2)16(14(19)15-9)7-11-5-6-20-8-11/h5-6,8H,3-4,7H2,1-2H3,(H,17,18). The molecule has 0 fully saturated rings. The Labute approximate surface area is 115 Å². The van der Waals surface area contributed by atoms with Crippen LogP contribution in [-0.2, 0) is 17.8 Å². The zero-order chi connectivity index (χ0) is 14.7. The Hall–Kier alpha value is -2.37. The first-order valence-corrected chi connectivity index (χ1v) is 6.29. The number of rotatable bonds is 5. The van der Waals surface area contributed by atoms with E-state index in [1.54, 1.807) is 25.5 Å². The number of aliphatic carboxylic acids is 1. The minimum absolute atomic E-state index is 0.0211. The Balaban J connectivity index is 2.38. The predicted molar refractivity (Wildman–Crippen MR) is 71.7 cm³/mol. The number of hydrogen-bond donors (Lipinski definition) is 1. The first kappa shape index (κ1) is 14.0. The van der Waals surface area contributed by atoms with E-state index in [1.807, 2.05) is 6.92 Å². The normalized spacial score (nSPS) is 10.7. The Bertz CT molecular complexity index is 671. The van der Waals surface area contributed by atoms with Gasteiger partial charge >= 0.3 is 11.7 Å². The average molecular weight is 276 g/mol. The quantitative estimate of drug-likeness (QED) is 0.894. The van der Waals surface area contributed by atoms with E-state index in [0.29, 0.717) is 18.7 Å². The largest absolute Gasteiger partial charge is 0.481 e. The summed E-state index contributed by atoms with van der Waals surface area (Å²) in [6.45, 7) is 3.91. The monoisotopic (exact) mass is 276 g/mol. The maximum atomic E-state index is 12.0. The third kappa shape index (κ3) is 2.96. The van der Waals surface area contributed by atoms with Crippen LogP contribution in [0.2, 0.25) is 0 Å². The van der Waals surface area contributed by atoms with Gasteiger partial charge in [-0.15, -0.1) is 0 Å². The number of hydrogen-bond acceptors (Lipinski definition) is 4. The van der Waals surface area contributed by atoms with Gasteiger partial charge in [0.05, 0.1) is 19.1 Å². The van der Waals surface area contributed by atoms with E-state index in [9.17, 15) is 9.59 Å². The molecular formula is C14H16N2O4. The maximum Gasteiger partial charge on any atom is 0.348 e. The molecule has 0 bridgehead atoms. The van der Waals surface area contributed by atoms with Crippen LogP contribution in [0.5, 0.6) is 0 Å². The van der Waals surface area contributed by atoms with Crippen molar-refractivity contribution in [2.45, 2.75) is 33.2 Å². The van der Waals surface area contributed by atoms with Crippen LogP contribution in [0.1, 0.15) is 28.9 Å². The minimum Gasteiger partial charge on any atom is -0.481 e. The first-order chi connectivity index (χ1) is 9.49. The van der Waals surface area contributed by atoms with Gasteiger partial charge < -0.3 is 9.52 Å². The van der Waals surface area contributed by atoms with Crippen LogP contribution in [0.25, 0.3) is 0 Å². The number of aryl methyl sites for hydroxylation is 1. The average Bonchev–Trinajstić information content (AvgIpc) is 2.86. The van der Waals surface area contributed by atoms with Gasteiger partial charge in [-0.1, -0.05) is 0 Å². The maximum absolute atomic E-state index is 12.0. The van der Waals surface area contributed by atoms with Crippen molar-refractivity contribution in [2.24, 2.45) is 0 Å². The van der Waals surface area contributed by atoms with Crippen molar-refractivity contribution < 1.29 is 14.3 Å². The molecule has 0 radical (unpaired) electrons. The second-order valence-corrected chi connectivity index (χ2v) is 4.66. The second kappa shape index (κ2) is 5.73. The van der Waals surface area contributed by atoms with Gasteiger partial charge in [-0.2, -0.15) is 4.98 Å². The van der Waals surface area contributed by atoms with Crippen LogP contribution in [0, 0.1) is 13.8 Å². The molecule has 0 spiro atoms. The summed E-state index contributed by atoms with van der Waals surface area (Å²) in [6, 6.07) is 1.78. The second-order valence-electron chi connectivity index (χ2n) is 4.66. The van der Waals surface area contributed by atoms with Gasteiger partial charge in [-0.05, 0) is 31.9 Å². The summed E-state index contributed by atoms with van der Waals surface area (Å²) in [5, 5.41) is 8.79. The fraction of sp³-hybridized carbons (Fsp3) is 0.357. The smallest absolute Gasteiger partial charge is 0.348 e. The van der Waals surface area contributed by atoms with Crippen LogP contribution in [-0.4, -0.2) is 20.6 Å². The van der Waals surface area contributed by atoms with Crippen molar-refractivity contribution in [2.75, 3.05) is 0 Å². The molecule has 1 N–H and O–H groups in total. The van der Waals surface area contributed by atoms with Crippen LogP contribution >= 0.6 is 0 Å². The van der Waals surface area contributed by atoms with Gasteiger partial charge in [0, 0.05) is 23.4 Å². The van der Waals surface area contributed by atoms with E-state index in [1.165, 1.54) is 4.57 Å². The third-order valence-corrected chi connectivity index (χ3v) is 3.28. The van der Waals surface area contributed by atoms with Crippen molar-refractivity contribution in [3.63, 3.8) is 0 Å². The molecule has 0 aliphatic heterocycles. The van der Waals surface area contributed by atoms with Crippen molar-refractivity contribution in [1.82, 2.24) is 9.55 Å². The summed E-state index contributed by atoms with van der Waals surface area (Å²) >= 11 is 0. The lowest BCUT2D eigenvalue weighted by Crippen LogP contribution is -2.28. The summed E-state index contributed by atoms with van der Waals surface area (Å²) in [6.07, 6.45) is 3.50. The molecule has 2 heterocycles. The fourth-order valence-corrected chi connectivity index (χ4v) is 2.18. The highest BCUT2D eigenvalue weighted by Crippen LogP contribution is 2.13. The topological polar surface area (TPSA) is 85.3 Å². The number of furan rings is 1. The van der Waals surface area contributed by atoms with E-state index in [2.05, 4.69) is 4.98 Å². The van der Waals surface area contributed by atoms with Crippen molar-refractivity contribution in [1.29, 1.82) is 0 Å². The van der Waals surface area contributed by atoms with Gasteiger partial charge in [0.25, 0.3) is 0 Å². The van der Waals surface area contributed by atoms with E-state index in [-0.39, 0.29) is 12.1 Å². The molecule has 2 aromatic heterocycles. The summed E-state index contributed by atoms with van der Waals surface area (Å²) in [4.78, 5) is 26.7. The highest BCUT2D eigenvalue weighted by molar-refractivity contribution is 5.67. The Morgan fingerprint density at radius 1 is 1.45 bits per heavy atom. The molecule has 2 rings (SSSR count). The number of aromatic nitrogens is 2. The number of carboxylic acids is 1. The molecule has 106 valence electrons. The Morgan fingerprint density at radius 2 is 2.20 bits per heavy atom. The van der Waals surface area contributed by atoms with E-state index in [4.69, 9.17) is 9.52 Å². The molecular weight excluding hydrogens is 260 g/mol. The molecule has 0 unspecified atom stereocenters. The highest BCUT2D eigenvalue weighted by Gasteiger charge is 2.13. The van der Waals surface area contributed by atoms with Gasteiger partial charge in [0.15, 0.2) is 0 Å². The van der Waals surface area contributed by atoms with Crippen LogP contribution in [0.15, 0.2) is 27.8 Å². The zero-order valence-electron chi connectivity index (χ0n) is 11.4. The summed E-state index contributed by atoms with van der Waals surface area (Å²) in [5.74, 6) is -0.864. The van der Waals surface area contributed by atoms with Crippen molar-refractivity contribution >= 4 is 5.97 Å². The molecule has 0 aromatic carbocycles. The third-order valence-electron chi connectivity index (χ3n) is 3.28.